The van der Waals surface area contributed by atoms with E-state index in [1.54, 1.807) is 37.3 Å². The number of nitrogen functional groups attached to an aromatic ring is 1. The Kier molecular flexibility index (Phi) is 6.78. The first kappa shape index (κ1) is 19.5. The van der Waals surface area contributed by atoms with E-state index < -0.39 is 11.9 Å². The topological polar surface area (TPSA) is 102 Å². The zero-order valence-electron chi connectivity index (χ0n) is 13.8. The third-order valence-corrected chi connectivity index (χ3v) is 4.50. The minimum atomic E-state index is -0.631. The molecule has 0 bridgehead atoms. The summed E-state index contributed by atoms with van der Waals surface area (Å²) >= 11 is 6.81. The van der Waals surface area contributed by atoms with Gasteiger partial charge in [-0.2, -0.15) is 5.26 Å². The summed E-state index contributed by atoms with van der Waals surface area (Å²) < 4.78 is 10.1. The van der Waals surface area contributed by atoms with Crippen LogP contribution < -0.4 is 5.73 Å². The molecule has 0 atom stereocenters. The van der Waals surface area contributed by atoms with Crippen molar-refractivity contribution in [2.45, 2.75) is 13.5 Å². The summed E-state index contributed by atoms with van der Waals surface area (Å²) in [5.41, 5.74) is 6.86. The zero-order chi connectivity index (χ0) is 19.1. The molecule has 0 aliphatic carbocycles. The molecule has 2 N–H and O–H groups in total. The van der Waals surface area contributed by atoms with Crippen LogP contribution in [0.5, 0.6) is 0 Å². The number of ether oxygens (including phenoxy) is 2. The van der Waals surface area contributed by atoms with Gasteiger partial charge >= 0.3 is 11.9 Å². The van der Waals surface area contributed by atoms with Crippen LogP contribution >= 0.6 is 22.9 Å². The minimum Gasteiger partial charge on any atom is -0.462 e. The van der Waals surface area contributed by atoms with Gasteiger partial charge < -0.3 is 15.2 Å². The molecular weight excluding hydrogens is 376 g/mol. The Bertz CT molecular complexity index is 899. The Labute approximate surface area is 159 Å². The lowest BCUT2D eigenvalue weighted by molar-refractivity contribution is -0.138. The standard InChI is InChI=1S/C18H15ClN2O4S/c1-2-24-18(23)16-14(13(9-20)17(21)26-16)10-25-15(22)7-6-11-4-3-5-12(19)8-11/h3-8H,2,10,21H2,1H3/b7-6+. The Morgan fingerprint density at radius 3 is 2.81 bits per heavy atom. The van der Waals surface area contributed by atoms with Gasteiger partial charge in [-0.15, -0.1) is 11.3 Å². The van der Waals surface area contributed by atoms with Crippen LogP contribution in [0.3, 0.4) is 0 Å². The van der Waals surface area contributed by atoms with Crippen molar-refractivity contribution in [2.75, 3.05) is 12.3 Å². The quantitative estimate of drug-likeness (QED) is 0.594. The van der Waals surface area contributed by atoms with Gasteiger partial charge in [-0.25, -0.2) is 9.59 Å². The highest BCUT2D eigenvalue weighted by atomic mass is 35.5. The van der Waals surface area contributed by atoms with Crippen LogP contribution in [0.25, 0.3) is 6.08 Å². The Morgan fingerprint density at radius 2 is 2.15 bits per heavy atom. The smallest absolute Gasteiger partial charge is 0.348 e. The number of thiophene rings is 1. The fourth-order valence-corrected chi connectivity index (χ4v) is 3.19. The van der Waals surface area contributed by atoms with E-state index >= 15 is 0 Å². The van der Waals surface area contributed by atoms with Crippen LogP contribution in [0.15, 0.2) is 30.3 Å². The van der Waals surface area contributed by atoms with Gasteiger partial charge in [-0.05, 0) is 30.7 Å². The normalized spacial score (nSPS) is 10.5. The molecule has 1 heterocycles. The number of benzene rings is 1. The highest BCUT2D eigenvalue weighted by molar-refractivity contribution is 7.18. The molecule has 134 valence electrons. The zero-order valence-corrected chi connectivity index (χ0v) is 15.4. The molecule has 0 aliphatic rings. The van der Waals surface area contributed by atoms with E-state index in [0.29, 0.717) is 5.02 Å². The predicted molar refractivity (Wildman–Crippen MR) is 99.7 cm³/mol. The lowest BCUT2D eigenvalue weighted by atomic mass is 10.1. The molecule has 0 unspecified atom stereocenters. The highest BCUT2D eigenvalue weighted by Gasteiger charge is 2.23. The molecule has 1 aromatic carbocycles. The highest BCUT2D eigenvalue weighted by Crippen LogP contribution is 2.31. The molecule has 0 amide bonds. The first-order valence-electron chi connectivity index (χ1n) is 7.55. The van der Waals surface area contributed by atoms with Crippen LogP contribution in [0, 0.1) is 11.3 Å². The van der Waals surface area contributed by atoms with E-state index in [1.807, 2.05) is 6.07 Å². The maximum atomic E-state index is 12.0. The minimum absolute atomic E-state index is 0.115. The molecule has 6 nitrogen and oxygen atoms in total. The van der Waals surface area contributed by atoms with Crippen LogP contribution in [-0.2, 0) is 20.9 Å². The lowest BCUT2D eigenvalue weighted by Gasteiger charge is -2.05. The van der Waals surface area contributed by atoms with Crippen LogP contribution in [-0.4, -0.2) is 18.5 Å². The third-order valence-electron chi connectivity index (χ3n) is 3.23. The maximum absolute atomic E-state index is 12.0. The first-order chi connectivity index (χ1) is 12.5. The summed E-state index contributed by atoms with van der Waals surface area (Å²) in [6.07, 6.45) is 2.78. The van der Waals surface area contributed by atoms with Gasteiger partial charge in [0.1, 0.15) is 22.6 Å². The Hall–Kier alpha value is -2.82. The molecule has 0 aliphatic heterocycles. The number of hydrogen-bond donors (Lipinski definition) is 1. The molecule has 0 saturated heterocycles. The fraction of sp³-hybridized carbons (Fsp3) is 0.167. The summed E-state index contributed by atoms with van der Waals surface area (Å²) in [6, 6.07) is 8.87. The van der Waals surface area contributed by atoms with Gasteiger partial charge in [-0.1, -0.05) is 23.7 Å². The third kappa shape index (κ3) is 4.85. The van der Waals surface area contributed by atoms with Crippen molar-refractivity contribution in [3.63, 3.8) is 0 Å². The van der Waals surface area contributed by atoms with Crippen molar-refractivity contribution in [1.82, 2.24) is 0 Å². The van der Waals surface area contributed by atoms with Gasteiger partial charge in [-0.3, -0.25) is 0 Å². The number of nitrogens with zero attached hydrogens (tertiary/aromatic N) is 1. The summed E-state index contributed by atoms with van der Waals surface area (Å²) in [6.45, 7) is 1.59. The predicted octanol–water partition coefficient (Wildman–Crippen LogP) is 3.79. The second-order valence-electron chi connectivity index (χ2n) is 4.98. The van der Waals surface area contributed by atoms with Crippen LogP contribution in [0.2, 0.25) is 5.02 Å². The number of anilines is 1. The molecule has 0 spiro atoms. The van der Waals surface area contributed by atoms with Crippen molar-refractivity contribution < 1.29 is 19.1 Å². The molecular formula is C18H15ClN2O4S. The van der Waals surface area contributed by atoms with Gasteiger partial charge in [0.2, 0.25) is 0 Å². The van der Waals surface area contributed by atoms with E-state index in [1.165, 1.54) is 6.08 Å². The van der Waals surface area contributed by atoms with E-state index in [4.69, 9.17) is 26.8 Å². The monoisotopic (exact) mass is 390 g/mol. The molecule has 1 aromatic heterocycles. The van der Waals surface area contributed by atoms with Gasteiger partial charge in [0.15, 0.2) is 0 Å². The number of carbonyl (C=O) groups is 2. The van der Waals surface area contributed by atoms with Gasteiger partial charge in [0, 0.05) is 16.7 Å². The largest absolute Gasteiger partial charge is 0.462 e. The van der Waals surface area contributed by atoms with E-state index in [9.17, 15) is 14.9 Å². The van der Waals surface area contributed by atoms with Crippen molar-refractivity contribution in [3.8, 4) is 6.07 Å². The Balaban J connectivity index is 2.12. The second-order valence-corrected chi connectivity index (χ2v) is 6.47. The number of hydrogen-bond acceptors (Lipinski definition) is 7. The van der Waals surface area contributed by atoms with Gasteiger partial charge in [0.05, 0.1) is 12.2 Å². The number of rotatable bonds is 6. The van der Waals surface area contributed by atoms with E-state index in [2.05, 4.69) is 0 Å². The maximum Gasteiger partial charge on any atom is 0.348 e. The van der Waals surface area contributed by atoms with Gasteiger partial charge in [0.25, 0.3) is 0 Å². The van der Waals surface area contributed by atoms with E-state index in [-0.39, 0.29) is 34.2 Å². The molecule has 0 radical (unpaired) electrons. The second kappa shape index (κ2) is 9.04. The average molecular weight is 391 g/mol. The van der Waals surface area contributed by atoms with Crippen molar-refractivity contribution in [2.24, 2.45) is 0 Å². The lowest BCUT2D eigenvalue weighted by Crippen LogP contribution is -2.08. The average Bonchev–Trinajstić information content (AvgIpc) is 2.94. The molecule has 0 fully saturated rings. The Morgan fingerprint density at radius 1 is 1.38 bits per heavy atom. The summed E-state index contributed by atoms with van der Waals surface area (Å²) in [7, 11) is 0. The molecule has 0 saturated carbocycles. The van der Waals surface area contributed by atoms with Crippen LogP contribution in [0.4, 0.5) is 5.00 Å². The number of carbonyl (C=O) groups excluding carboxylic acids is 2. The van der Waals surface area contributed by atoms with Crippen molar-refractivity contribution in [3.05, 3.63) is 56.9 Å². The SMILES string of the molecule is CCOC(=O)c1sc(N)c(C#N)c1COC(=O)/C=C/c1cccc(Cl)c1. The fourth-order valence-electron chi connectivity index (χ4n) is 2.07. The molecule has 2 rings (SSSR count). The number of nitriles is 1. The van der Waals surface area contributed by atoms with Crippen molar-refractivity contribution >= 4 is 46.0 Å². The van der Waals surface area contributed by atoms with Crippen LogP contribution in [0.1, 0.15) is 33.3 Å². The summed E-state index contributed by atoms with van der Waals surface area (Å²) in [5.74, 6) is -1.24. The molecule has 2 aromatic rings. The molecule has 8 heteroatoms. The number of nitrogens with two attached hydrogens (primary N) is 1. The summed E-state index contributed by atoms with van der Waals surface area (Å²) in [4.78, 5) is 24.1. The number of halogens is 1. The molecule has 26 heavy (non-hydrogen) atoms. The van der Waals surface area contributed by atoms with E-state index in [0.717, 1.165) is 16.9 Å². The van der Waals surface area contributed by atoms with Crippen molar-refractivity contribution in [1.29, 1.82) is 5.26 Å². The first-order valence-corrected chi connectivity index (χ1v) is 8.74. The summed E-state index contributed by atoms with van der Waals surface area (Å²) in [5, 5.41) is 9.95. The number of esters is 2.